The molecular weight excluding hydrogens is 166 g/mol. The van der Waals surface area contributed by atoms with Crippen molar-refractivity contribution in [3.05, 3.63) is 5.21 Å². The van der Waals surface area contributed by atoms with Crippen molar-refractivity contribution >= 4 is 10.0 Å². The Morgan fingerprint density at radius 1 is 1.36 bits per heavy atom. The highest BCUT2D eigenvalue weighted by Gasteiger charge is 2.41. The van der Waals surface area contributed by atoms with Crippen LogP contribution in [0.4, 0.5) is 0 Å². The lowest BCUT2D eigenvalue weighted by atomic mass is 10.3. The van der Waals surface area contributed by atoms with Gasteiger partial charge in [0.1, 0.15) is 5.25 Å². The minimum Gasteiger partial charge on any atom is -0.617 e. The summed E-state index contributed by atoms with van der Waals surface area (Å²) in [6.45, 7) is 3.57. The molecule has 0 amide bonds. The van der Waals surface area contributed by atoms with Gasteiger partial charge in [-0.3, -0.25) is 4.05 Å². The van der Waals surface area contributed by atoms with Gasteiger partial charge in [-0.05, 0) is 13.8 Å². The molecule has 1 aliphatic heterocycles. The minimum atomic E-state index is -3.46. The fourth-order valence-electron chi connectivity index (χ4n) is 1.06. The highest BCUT2D eigenvalue weighted by molar-refractivity contribution is 7.86. The van der Waals surface area contributed by atoms with Crippen molar-refractivity contribution < 1.29 is 12.5 Å². The molecule has 0 aromatic carbocycles. The topological polar surface area (TPSA) is 57.2 Å². The average Bonchev–Trinajstić information content (AvgIpc) is 1.82. The third-order valence-electron chi connectivity index (χ3n) is 2.06. The monoisotopic (exact) mass is 179 g/mol. The molecule has 11 heavy (non-hydrogen) atoms. The van der Waals surface area contributed by atoms with Gasteiger partial charge in [-0.1, -0.05) is 0 Å². The third-order valence-corrected chi connectivity index (χ3v) is 4.54. The molecule has 0 saturated carbocycles. The molecule has 0 unspecified atom stereocenters. The van der Waals surface area contributed by atoms with E-state index in [2.05, 4.69) is 0 Å². The minimum absolute atomic E-state index is 0.237. The molecular formula is C6H13NO3S. The number of hydrogen-bond acceptors (Lipinski definition) is 3. The lowest BCUT2D eigenvalue weighted by Gasteiger charge is -2.48. The van der Waals surface area contributed by atoms with Crippen LogP contribution in [0.5, 0.6) is 0 Å². The molecule has 0 spiro atoms. The van der Waals surface area contributed by atoms with Gasteiger partial charge in [-0.15, -0.1) is 0 Å². The van der Waals surface area contributed by atoms with Crippen LogP contribution < -0.4 is 0 Å². The van der Waals surface area contributed by atoms with Gasteiger partial charge in [-0.2, -0.15) is 8.42 Å². The van der Waals surface area contributed by atoms with E-state index in [1.807, 2.05) is 0 Å². The van der Waals surface area contributed by atoms with Crippen molar-refractivity contribution in [3.63, 3.8) is 0 Å². The Kier molecular flexibility index (Phi) is 1.98. The molecule has 1 aliphatic rings. The van der Waals surface area contributed by atoms with Gasteiger partial charge in [0.25, 0.3) is 10.0 Å². The normalized spacial score (nSPS) is 23.3. The lowest BCUT2D eigenvalue weighted by Crippen LogP contribution is -2.58. The SMILES string of the molecule is CC(C)S(=O)(=O)[N+]1([O-])CCC1. The largest absolute Gasteiger partial charge is 0.617 e. The van der Waals surface area contributed by atoms with Crippen LogP contribution in [0, 0.1) is 5.21 Å². The Balaban J connectivity index is 2.89. The van der Waals surface area contributed by atoms with Gasteiger partial charge < -0.3 is 5.21 Å². The van der Waals surface area contributed by atoms with E-state index >= 15 is 0 Å². The van der Waals surface area contributed by atoms with Gasteiger partial charge in [-0.25, -0.2) is 0 Å². The van der Waals surface area contributed by atoms with Crippen molar-refractivity contribution in [2.45, 2.75) is 25.5 Å². The summed E-state index contributed by atoms with van der Waals surface area (Å²) in [7, 11) is -3.46. The Labute approximate surface area is 67.0 Å². The molecule has 0 atom stereocenters. The second-order valence-corrected chi connectivity index (χ2v) is 5.82. The van der Waals surface area contributed by atoms with Crippen LogP contribution in [0.2, 0.25) is 0 Å². The van der Waals surface area contributed by atoms with Crippen molar-refractivity contribution in [2.75, 3.05) is 13.1 Å². The fraction of sp³-hybridized carbons (Fsp3) is 1.00. The molecule has 1 saturated heterocycles. The quantitative estimate of drug-likeness (QED) is 0.456. The Bertz CT molecular complexity index is 241. The van der Waals surface area contributed by atoms with Crippen LogP contribution in [-0.4, -0.2) is 30.8 Å². The third kappa shape index (κ3) is 1.17. The highest BCUT2D eigenvalue weighted by atomic mass is 32.2. The molecule has 66 valence electrons. The maximum Gasteiger partial charge on any atom is 0.299 e. The number of nitrogens with zero attached hydrogens (tertiary/aromatic N) is 1. The van der Waals surface area contributed by atoms with Crippen molar-refractivity contribution in [1.82, 2.24) is 0 Å². The zero-order valence-corrected chi connectivity index (χ0v) is 7.60. The predicted molar refractivity (Wildman–Crippen MR) is 42.0 cm³/mol. The molecule has 0 aromatic heterocycles. The maximum absolute atomic E-state index is 11.4. The number of quaternary nitrogens is 1. The predicted octanol–water partition coefficient (Wildman–Crippen LogP) is 0.443. The first-order chi connectivity index (χ1) is 4.90. The van der Waals surface area contributed by atoms with Crippen LogP contribution in [0.3, 0.4) is 0 Å². The molecule has 1 heterocycles. The first kappa shape index (κ1) is 8.96. The number of hydrogen-bond donors (Lipinski definition) is 0. The van der Waals surface area contributed by atoms with E-state index in [4.69, 9.17) is 0 Å². The summed E-state index contributed by atoms with van der Waals surface area (Å²) >= 11 is 0. The number of sulfonamides is 1. The van der Waals surface area contributed by atoms with E-state index in [0.717, 1.165) is 6.42 Å². The van der Waals surface area contributed by atoms with Crippen molar-refractivity contribution in [3.8, 4) is 0 Å². The smallest absolute Gasteiger partial charge is 0.299 e. The van der Waals surface area contributed by atoms with Crippen LogP contribution in [0.25, 0.3) is 0 Å². The zero-order valence-electron chi connectivity index (χ0n) is 6.78. The Morgan fingerprint density at radius 2 is 1.82 bits per heavy atom. The Hall–Kier alpha value is -0.130. The van der Waals surface area contributed by atoms with E-state index in [9.17, 15) is 13.6 Å². The van der Waals surface area contributed by atoms with E-state index in [1.54, 1.807) is 13.8 Å². The summed E-state index contributed by atoms with van der Waals surface area (Å²) in [4.78, 5) is 0. The van der Waals surface area contributed by atoms with Crippen LogP contribution >= 0.6 is 0 Å². The maximum atomic E-state index is 11.4. The van der Waals surface area contributed by atoms with E-state index in [-0.39, 0.29) is 13.1 Å². The Morgan fingerprint density at radius 3 is 1.91 bits per heavy atom. The lowest BCUT2D eigenvalue weighted by molar-refractivity contribution is -0.797. The van der Waals surface area contributed by atoms with E-state index in [1.165, 1.54) is 0 Å². The molecule has 0 bridgehead atoms. The fourth-order valence-corrected chi connectivity index (χ4v) is 2.59. The number of rotatable bonds is 2. The standard InChI is InChI=1S/C6H13NO3S/c1-6(2)11(9,10)7(8)4-3-5-7/h6H,3-5H2,1-2H3. The highest BCUT2D eigenvalue weighted by Crippen LogP contribution is 2.26. The molecule has 0 N–H and O–H groups in total. The summed E-state index contributed by atoms with van der Waals surface area (Å²) in [5.41, 5.74) is 0. The van der Waals surface area contributed by atoms with Gasteiger partial charge in [0, 0.05) is 6.42 Å². The second-order valence-electron chi connectivity index (χ2n) is 3.18. The van der Waals surface area contributed by atoms with Gasteiger partial charge in [0.05, 0.1) is 13.1 Å². The average molecular weight is 179 g/mol. The summed E-state index contributed by atoms with van der Waals surface area (Å²) < 4.78 is 21.6. The second kappa shape index (κ2) is 2.43. The molecule has 1 rings (SSSR count). The molecule has 0 radical (unpaired) electrons. The first-order valence-corrected chi connectivity index (χ1v) is 5.22. The molecule has 0 aromatic rings. The van der Waals surface area contributed by atoms with Crippen LogP contribution in [0.1, 0.15) is 20.3 Å². The van der Waals surface area contributed by atoms with Crippen LogP contribution in [0.15, 0.2) is 0 Å². The molecule has 5 heteroatoms. The van der Waals surface area contributed by atoms with E-state index in [0.29, 0.717) is 0 Å². The molecule has 4 nitrogen and oxygen atoms in total. The summed E-state index contributed by atoms with van der Waals surface area (Å²) in [5.74, 6) is 0. The van der Waals surface area contributed by atoms with E-state index < -0.39 is 19.3 Å². The molecule has 0 aliphatic carbocycles. The van der Waals surface area contributed by atoms with Gasteiger partial charge in [0.15, 0.2) is 0 Å². The van der Waals surface area contributed by atoms with Crippen molar-refractivity contribution in [2.24, 2.45) is 0 Å². The molecule has 1 fully saturated rings. The van der Waals surface area contributed by atoms with Crippen LogP contribution in [-0.2, 0) is 10.0 Å². The summed E-state index contributed by atoms with van der Waals surface area (Å²) in [6, 6.07) is 0. The summed E-state index contributed by atoms with van der Waals surface area (Å²) in [5, 5.41) is 10.8. The summed E-state index contributed by atoms with van der Waals surface area (Å²) in [6.07, 6.45) is 0.732. The zero-order chi connectivity index (χ0) is 8.70. The number of hydroxylamine groups is 2. The first-order valence-electron chi connectivity index (χ1n) is 3.72. The van der Waals surface area contributed by atoms with Gasteiger partial charge in [0.2, 0.25) is 0 Å². The van der Waals surface area contributed by atoms with Gasteiger partial charge >= 0.3 is 0 Å². The van der Waals surface area contributed by atoms with Crippen molar-refractivity contribution in [1.29, 1.82) is 0 Å².